The van der Waals surface area contributed by atoms with Crippen molar-refractivity contribution in [2.45, 2.75) is 44.6 Å². The van der Waals surface area contributed by atoms with Crippen molar-refractivity contribution in [3.63, 3.8) is 0 Å². The average Bonchev–Trinajstić information content (AvgIpc) is 2.90. The highest BCUT2D eigenvalue weighted by Gasteiger charge is 2.47. The first-order chi connectivity index (χ1) is 9.74. The molecular weight excluding hydrogens is 276 g/mol. The molecule has 1 amide bonds. The molecule has 0 radical (unpaired) electrons. The Morgan fingerprint density at radius 3 is 2.43 bits per heavy atom. The summed E-state index contributed by atoms with van der Waals surface area (Å²) in [4.78, 5) is 29.0. The van der Waals surface area contributed by atoms with Crippen molar-refractivity contribution in [3.05, 3.63) is 18.4 Å². The summed E-state index contributed by atoms with van der Waals surface area (Å²) in [6.07, 6.45) is 2.78. The highest BCUT2D eigenvalue weighted by Crippen LogP contribution is 2.36. The van der Waals surface area contributed by atoms with E-state index in [1.165, 1.54) is 17.5 Å². The van der Waals surface area contributed by atoms with E-state index in [0.29, 0.717) is 18.8 Å². The number of rotatable bonds is 2. The first-order valence-corrected chi connectivity index (χ1v) is 6.85. The minimum absolute atomic E-state index is 0.275. The summed E-state index contributed by atoms with van der Waals surface area (Å²) < 4.78 is 10.5. The van der Waals surface area contributed by atoms with Crippen LogP contribution < -0.4 is 0 Å². The molecule has 1 aromatic heterocycles. The molecule has 116 valence electrons. The number of hydrogen-bond donors (Lipinski definition) is 1. The number of carboxylic acid groups (broad SMARTS) is 1. The molecular formula is C14H20N2O5. The summed E-state index contributed by atoms with van der Waals surface area (Å²) in [6.45, 7) is 6.00. The maximum absolute atomic E-state index is 12.0. The third-order valence-electron chi connectivity index (χ3n) is 3.58. The summed E-state index contributed by atoms with van der Waals surface area (Å²) in [7, 11) is 0. The van der Waals surface area contributed by atoms with E-state index in [1.807, 2.05) is 0 Å². The van der Waals surface area contributed by atoms with Gasteiger partial charge in [0.2, 0.25) is 0 Å². The molecule has 0 unspecified atom stereocenters. The molecule has 2 rings (SSSR count). The third-order valence-corrected chi connectivity index (χ3v) is 3.58. The molecule has 1 fully saturated rings. The number of carboxylic acids is 1. The number of carbonyl (C=O) groups is 2. The van der Waals surface area contributed by atoms with Gasteiger partial charge in [0.05, 0.1) is 6.20 Å². The van der Waals surface area contributed by atoms with Crippen LogP contribution in [-0.2, 0) is 14.9 Å². The maximum Gasteiger partial charge on any atom is 0.410 e. The first kappa shape index (κ1) is 15.3. The second-order valence-electron chi connectivity index (χ2n) is 6.22. The molecule has 0 spiro atoms. The molecule has 1 aromatic rings. The molecule has 0 aromatic carbocycles. The lowest BCUT2D eigenvalue weighted by molar-refractivity contribution is -0.146. The second kappa shape index (κ2) is 5.38. The Morgan fingerprint density at radius 1 is 1.38 bits per heavy atom. The van der Waals surface area contributed by atoms with Gasteiger partial charge < -0.3 is 19.2 Å². The zero-order valence-electron chi connectivity index (χ0n) is 12.5. The minimum Gasteiger partial charge on any atom is -0.480 e. The fourth-order valence-electron chi connectivity index (χ4n) is 2.42. The quantitative estimate of drug-likeness (QED) is 0.897. The number of amides is 1. The van der Waals surface area contributed by atoms with Crippen molar-refractivity contribution in [1.29, 1.82) is 0 Å². The van der Waals surface area contributed by atoms with Crippen LogP contribution in [0, 0.1) is 0 Å². The van der Waals surface area contributed by atoms with E-state index in [0.717, 1.165) is 0 Å². The Morgan fingerprint density at radius 2 is 2.00 bits per heavy atom. The standard InChI is InChI=1S/C14H20N2O5/c1-13(2,3)21-12(19)16-6-4-14(5-7-16,11(17)18)10-8-15-9-20-10/h8-9H,4-7H2,1-3H3,(H,17,18). The van der Waals surface area contributed by atoms with Gasteiger partial charge in [-0.3, -0.25) is 4.79 Å². The fraction of sp³-hybridized carbons (Fsp3) is 0.643. The van der Waals surface area contributed by atoms with E-state index in [9.17, 15) is 14.7 Å². The number of aliphatic carboxylic acids is 1. The number of piperidine rings is 1. The smallest absolute Gasteiger partial charge is 0.410 e. The maximum atomic E-state index is 12.0. The molecule has 1 aliphatic heterocycles. The topological polar surface area (TPSA) is 92.9 Å². The monoisotopic (exact) mass is 296 g/mol. The highest BCUT2D eigenvalue weighted by molar-refractivity contribution is 5.81. The van der Waals surface area contributed by atoms with Gasteiger partial charge in [0.25, 0.3) is 0 Å². The average molecular weight is 296 g/mol. The van der Waals surface area contributed by atoms with Crippen LogP contribution in [0.1, 0.15) is 39.4 Å². The lowest BCUT2D eigenvalue weighted by atomic mass is 9.76. The van der Waals surface area contributed by atoms with Gasteiger partial charge in [0.15, 0.2) is 6.39 Å². The van der Waals surface area contributed by atoms with Gasteiger partial charge in [-0.25, -0.2) is 9.78 Å². The van der Waals surface area contributed by atoms with E-state index in [-0.39, 0.29) is 12.8 Å². The molecule has 0 saturated carbocycles. The van der Waals surface area contributed by atoms with Gasteiger partial charge in [0, 0.05) is 13.1 Å². The van der Waals surface area contributed by atoms with Gasteiger partial charge in [-0.1, -0.05) is 0 Å². The summed E-state index contributed by atoms with van der Waals surface area (Å²) in [5, 5.41) is 9.55. The van der Waals surface area contributed by atoms with Crippen LogP contribution >= 0.6 is 0 Å². The van der Waals surface area contributed by atoms with E-state index in [4.69, 9.17) is 9.15 Å². The largest absolute Gasteiger partial charge is 0.480 e. The van der Waals surface area contributed by atoms with Crippen molar-refractivity contribution in [1.82, 2.24) is 9.88 Å². The van der Waals surface area contributed by atoms with Crippen LogP contribution in [0.3, 0.4) is 0 Å². The molecule has 7 nitrogen and oxygen atoms in total. The molecule has 1 saturated heterocycles. The Kier molecular flexibility index (Phi) is 3.93. The molecule has 2 heterocycles. The molecule has 0 bridgehead atoms. The Hall–Kier alpha value is -2.05. The zero-order valence-corrected chi connectivity index (χ0v) is 12.5. The predicted octanol–water partition coefficient (Wildman–Crippen LogP) is 2.03. The fourth-order valence-corrected chi connectivity index (χ4v) is 2.42. The molecule has 7 heteroatoms. The Labute approximate surface area is 122 Å². The van der Waals surface area contributed by atoms with Crippen molar-refractivity contribution < 1.29 is 23.8 Å². The Bertz CT molecular complexity index is 510. The minimum atomic E-state index is -1.12. The van der Waals surface area contributed by atoms with E-state index >= 15 is 0 Å². The predicted molar refractivity (Wildman–Crippen MR) is 72.9 cm³/mol. The highest BCUT2D eigenvalue weighted by atomic mass is 16.6. The molecule has 1 aliphatic rings. The number of carbonyl (C=O) groups excluding carboxylic acids is 1. The molecule has 0 atom stereocenters. The van der Waals surface area contributed by atoms with Crippen molar-refractivity contribution in [3.8, 4) is 0 Å². The SMILES string of the molecule is CC(C)(C)OC(=O)N1CCC(C(=O)O)(c2cnco2)CC1. The molecule has 1 N–H and O–H groups in total. The summed E-state index contributed by atoms with van der Waals surface area (Å²) >= 11 is 0. The van der Waals surface area contributed by atoms with Gasteiger partial charge in [-0.2, -0.15) is 0 Å². The number of hydrogen-bond acceptors (Lipinski definition) is 5. The van der Waals surface area contributed by atoms with Crippen LogP contribution in [0.25, 0.3) is 0 Å². The van der Waals surface area contributed by atoms with Gasteiger partial charge in [-0.15, -0.1) is 0 Å². The number of aromatic nitrogens is 1. The van der Waals surface area contributed by atoms with Crippen LogP contribution in [0.2, 0.25) is 0 Å². The lowest BCUT2D eigenvalue weighted by Gasteiger charge is -2.37. The van der Waals surface area contributed by atoms with Crippen molar-refractivity contribution >= 4 is 12.1 Å². The van der Waals surface area contributed by atoms with E-state index < -0.39 is 23.1 Å². The first-order valence-electron chi connectivity index (χ1n) is 6.85. The van der Waals surface area contributed by atoms with E-state index in [1.54, 1.807) is 20.8 Å². The van der Waals surface area contributed by atoms with Gasteiger partial charge in [-0.05, 0) is 33.6 Å². The van der Waals surface area contributed by atoms with Crippen LogP contribution in [-0.4, -0.2) is 45.7 Å². The van der Waals surface area contributed by atoms with E-state index in [2.05, 4.69) is 4.98 Å². The van der Waals surface area contributed by atoms with Crippen molar-refractivity contribution in [2.75, 3.05) is 13.1 Å². The van der Waals surface area contributed by atoms with Gasteiger partial charge in [0.1, 0.15) is 16.8 Å². The Balaban J connectivity index is 2.08. The third kappa shape index (κ3) is 3.17. The van der Waals surface area contributed by atoms with Crippen molar-refractivity contribution in [2.24, 2.45) is 0 Å². The molecule has 21 heavy (non-hydrogen) atoms. The number of oxazole rings is 1. The lowest BCUT2D eigenvalue weighted by Crippen LogP contribution is -2.50. The number of ether oxygens (including phenoxy) is 1. The van der Waals surface area contributed by atoms with Crippen LogP contribution in [0.15, 0.2) is 17.0 Å². The van der Waals surface area contributed by atoms with Gasteiger partial charge >= 0.3 is 12.1 Å². The number of nitrogens with zero attached hydrogens (tertiary/aromatic N) is 2. The van der Waals surface area contributed by atoms with Crippen LogP contribution in [0.5, 0.6) is 0 Å². The normalized spacial score (nSPS) is 18.3. The summed E-state index contributed by atoms with van der Waals surface area (Å²) in [5.74, 6) is -0.623. The van der Waals surface area contributed by atoms with Crippen LogP contribution in [0.4, 0.5) is 4.79 Å². The molecule has 0 aliphatic carbocycles. The number of likely N-dealkylation sites (tertiary alicyclic amines) is 1. The summed E-state index contributed by atoms with van der Waals surface area (Å²) in [5.41, 5.74) is -1.68. The zero-order chi connectivity index (χ0) is 15.7. The summed E-state index contributed by atoms with van der Waals surface area (Å²) in [6, 6.07) is 0. The second-order valence-corrected chi connectivity index (χ2v) is 6.22.